The molecule has 23 heavy (non-hydrogen) atoms. The lowest BCUT2D eigenvalue weighted by Gasteiger charge is -2.32. The highest BCUT2D eigenvalue weighted by Crippen LogP contribution is 2.27. The molecule has 1 fully saturated rings. The highest BCUT2D eigenvalue weighted by Gasteiger charge is 2.25. The summed E-state index contributed by atoms with van der Waals surface area (Å²) >= 11 is 5.84. The van der Waals surface area contributed by atoms with Crippen LogP contribution in [0.15, 0.2) is 16.9 Å². The third kappa shape index (κ3) is 3.11. The van der Waals surface area contributed by atoms with E-state index in [1.807, 2.05) is 0 Å². The van der Waals surface area contributed by atoms with Crippen molar-refractivity contribution in [2.75, 3.05) is 26.2 Å². The van der Waals surface area contributed by atoms with E-state index in [1.54, 1.807) is 7.05 Å². The van der Waals surface area contributed by atoms with Crippen molar-refractivity contribution in [3.05, 3.63) is 39.2 Å². The van der Waals surface area contributed by atoms with Crippen molar-refractivity contribution in [2.45, 2.75) is 18.8 Å². The maximum absolute atomic E-state index is 14.2. The summed E-state index contributed by atoms with van der Waals surface area (Å²) in [5.74, 6) is 0.0633. The minimum absolute atomic E-state index is 0.0486. The number of likely N-dealkylation sites (tertiary alicyclic amines) is 1. The molecule has 1 atom stereocenters. The summed E-state index contributed by atoms with van der Waals surface area (Å²) in [6.07, 6.45) is 1.85. The van der Waals surface area contributed by atoms with Crippen LogP contribution in [0.3, 0.4) is 0 Å². The molecule has 1 aliphatic heterocycles. The number of fused-ring (bicyclic) bond motifs is 1. The quantitative estimate of drug-likeness (QED) is 0.928. The molecule has 124 valence electrons. The molecule has 2 heterocycles. The van der Waals surface area contributed by atoms with Gasteiger partial charge in [-0.05, 0) is 31.5 Å². The van der Waals surface area contributed by atoms with E-state index in [-0.39, 0.29) is 34.0 Å². The van der Waals surface area contributed by atoms with Gasteiger partial charge in [0.25, 0.3) is 5.56 Å². The molecule has 2 aromatic rings. The second kappa shape index (κ2) is 6.55. The number of benzene rings is 1. The van der Waals surface area contributed by atoms with E-state index in [1.165, 1.54) is 16.7 Å². The molecule has 0 unspecified atom stereocenters. The molecule has 3 rings (SSSR count). The number of piperidine rings is 1. The largest absolute Gasteiger partial charge is 0.395 e. The Morgan fingerprint density at radius 3 is 3.00 bits per heavy atom. The number of halogens is 2. The molecular weight excluding hydrogens is 321 g/mol. The summed E-state index contributed by atoms with van der Waals surface area (Å²) < 4.78 is 15.7. The average Bonchev–Trinajstić information content (AvgIpc) is 2.52. The number of rotatable bonds is 3. The topological polar surface area (TPSA) is 58.4 Å². The Hall–Kier alpha value is -1.50. The highest BCUT2D eigenvalue weighted by atomic mass is 35.5. The van der Waals surface area contributed by atoms with Crippen LogP contribution in [0.5, 0.6) is 0 Å². The standard InChI is InChI=1S/C16H19ClFN3O2/c1-20-15(10-3-2-4-21(9-10)5-6-22)19-14-12(16(20)23)7-11(17)8-13(14)18/h7-8,10,22H,2-6,9H2,1H3/t10-/m1/s1. The molecule has 1 N–H and O–H groups in total. The Labute approximate surface area is 138 Å². The molecule has 1 aromatic carbocycles. The second-order valence-electron chi connectivity index (χ2n) is 5.98. The maximum Gasteiger partial charge on any atom is 0.261 e. The molecule has 0 amide bonds. The van der Waals surface area contributed by atoms with Gasteiger partial charge in [0, 0.05) is 31.1 Å². The number of aliphatic hydroxyl groups excluding tert-OH is 1. The van der Waals surface area contributed by atoms with Gasteiger partial charge >= 0.3 is 0 Å². The van der Waals surface area contributed by atoms with Crippen LogP contribution in [0, 0.1) is 5.82 Å². The third-order valence-electron chi connectivity index (χ3n) is 4.42. The SMILES string of the molecule is Cn1c([C@@H]2CCCN(CCO)C2)nc2c(F)cc(Cl)cc2c1=O. The molecule has 0 spiro atoms. The van der Waals surface area contributed by atoms with Crippen LogP contribution in [0.4, 0.5) is 4.39 Å². The Kier molecular flexibility index (Phi) is 4.66. The lowest BCUT2D eigenvalue weighted by molar-refractivity contribution is 0.158. The van der Waals surface area contributed by atoms with Gasteiger partial charge in [-0.3, -0.25) is 9.36 Å². The number of aliphatic hydroxyl groups is 1. The van der Waals surface area contributed by atoms with Gasteiger partial charge in [-0.15, -0.1) is 0 Å². The minimum Gasteiger partial charge on any atom is -0.395 e. The number of nitrogens with zero attached hydrogens (tertiary/aromatic N) is 3. The number of hydrogen-bond acceptors (Lipinski definition) is 4. The van der Waals surface area contributed by atoms with Crippen molar-refractivity contribution >= 4 is 22.5 Å². The minimum atomic E-state index is -0.575. The average molecular weight is 340 g/mol. The van der Waals surface area contributed by atoms with Crippen LogP contribution < -0.4 is 5.56 Å². The molecule has 0 saturated carbocycles. The first-order valence-electron chi connectivity index (χ1n) is 7.70. The predicted octanol–water partition coefficient (Wildman–Crippen LogP) is 1.90. The Morgan fingerprint density at radius 2 is 2.26 bits per heavy atom. The van der Waals surface area contributed by atoms with Crippen molar-refractivity contribution in [3.63, 3.8) is 0 Å². The first kappa shape index (κ1) is 16.4. The van der Waals surface area contributed by atoms with Gasteiger partial charge in [0.15, 0.2) is 5.82 Å². The molecule has 1 aliphatic rings. The van der Waals surface area contributed by atoms with Gasteiger partial charge < -0.3 is 10.0 Å². The van der Waals surface area contributed by atoms with Crippen LogP contribution in [0.2, 0.25) is 5.02 Å². The zero-order chi connectivity index (χ0) is 16.6. The van der Waals surface area contributed by atoms with Gasteiger partial charge in [-0.25, -0.2) is 9.37 Å². The van der Waals surface area contributed by atoms with E-state index >= 15 is 0 Å². The predicted molar refractivity (Wildman–Crippen MR) is 87.5 cm³/mol. The fraction of sp³-hybridized carbons (Fsp3) is 0.500. The second-order valence-corrected chi connectivity index (χ2v) is 6.42. The van der Waals surface area contributed by atoms with E-state index in [0.29, 0.717) is 18.9 Å². The summed E-state index contributed by atoms with van der Waals surface area (Å²) in [5, 5.41) is 9.49. The van der Waals surface area contributed by atoms with E-state index < -0.39 is 5.82 Å². The summed E-state index contributed by atoms with van der Waals surface area (Å²) in [7, 11) is 1.66. The first-order valence-corrected chi connectivity index (χ1v) is 8.08. The van der Waals surface area contributed by atoms with Gasteiger partial charge in [0.2, 0.25) is 0 Å². The van der Waals surface area contributed by atoms with Gasteiger partial charge in [-0.1, -0.05) is 11.6 Å². The summed E-state index contributed by atoms with van der Waals surface area (Å²) in [6.45, 7) is 2.33. The van der Waals surface area contributed by atoms with Crippen LogP contribution in [0.1, 0.15) is 24.6 Å². The molecule has 1 saturated heterocycles. The molecule has 0 aliphatic carbocycles. The van der Waals surface area contributed by atoms with E-state index in [4.69, 9.17) is 16.7 Å². The van der Waals surface area contributed by atoms with Crippen molar-refractivity contribution < 1.29 is 9.50 Å². The van der Waals surface area contributed by atoms with Crippen molar-refractivity contribution in [3.8, 4) is 0 Å². The molecular formula is C16H19ClFN3O2. The normalized spacial score (nSPS) is 19.4. The monoisotopic (exact) mass is 339 g/mol. The fourth-order valence-corrected chi connectivity index (χ4v) is 3.50. The Balaban J connectivity index is 2.08. The van der Waals surface area contributed by atoms with Gasteiger partial charge in [0.05, 0.1) is 12.0 Å². The number of hydrogen-bond donors (Lipinski definition) is 1. The third-order valence-corrected chi connectivity index (χ3v) is 4.64. The molecule has 0 bridgehead atoms. The lowest BCUT2D eigenvalue weighted by Crippen LogP contribution is -2.38. The van der Waals surface area contributed by atoms with Crippen LogP contribution >= 0.6 is 11.6 Å². The van der Waals surface area contributed by atoms with E-state index in [9.17, 15) is 9.18 Å². The molecule has 5 nitrogen and oxygen atoms in total. The number of aromatic nitrogens is 2. The number of β-amino-alcohol motifs (C(OH)–C–C–N with tert-alkyl or cyclic N) is 1. The summed E-state index contributed by atoms with van der Waals surface area (Å²) in [5.41, 5.74) is -0.211. The van der Waals surface area contributed by atoms with Crippen molar-refractivity contribution in [1.29, 1.82) is 0 Å². The van der Waals surface area contributed by atoms with Crippen molar-refractivity contribution in [2.24, 2.45) is 7.05 Å². The van der Waals surface area contributed by atoms with E-state index in [0.717, 1.165) is 19.4 Å². The Morgan fingerprint density at radius 1 is 1.48 bits per heavy atom. The molecule has 1 aromatic heterocycles. The van der Waals surface area contributed by atoms with Gasteiger partial charge in [0.1, 0.15) is 11.3 Å². The summed E-state index contributed by atoms with van der Waals surface area (Å²) in [4.78, 5) is 19.1. The van der Waals surface area contributed by atoms with Crippen molar-refractivity contribution in [1.82, 2.24) is 14.5 Å². The first-order chi connectivity index (χ1) is 11.0. The smallest absolute Gasteiger partial charge is 0.261 e. The van der Waals surface area contributed by atoms with Crippen LogP contribution in [-0.4, -0.2) is 45.8 Å². The van der Waals surface area contributed by atoms with Crippen LogP contribution in [-0.2, 0) is 7.05 Å². The fourth-order valence-electron chi connectivity index (χ4n) is 3.29. The van der Waals surface area contributed by atoms with Crippen LogP contribution in [0.25, 0.3) is 10.9 Å². The zero-order valence-corrected chi connectivity index (χ0v) is 13.7. The maximum atomic E-state index is 14.2. The molecule has 0 radical (unpaired) electrons. The zero-order valence-electron chi connectivity index (χ0n) is 12.9. The Bertz CT molecular complexity index is 791. The highest BCUT2D eigenvalue weighted by molar-refractivity contribution is 6.31. The summed E-state index contributed by atoms with van der Waals surface area (Å²) in [6, 6.07) is 2.64. The lowest BCUT2D eigenvalue weighted by atomic mass is 9.96. The molecule has 7 heteroatoms. The van der Waals surface area contributed by atoms with E-state index in [2.05, 4.69) is 9.88 Å². The van der Waals surface area contributed by atoms with Gasteiger partial charge in [-0.2, -0.15) is 0 Å².